The van der Waals surface area contributed by atoms with Crippen LogP contribution in [0.5, 0.6) is 0 Å². The third-order valence-corrected chi connectivity index (χ3v) is 3.71. The van der Waals surface area contributed by atoms with Gasteiger partial charge in [0.15, 0.2) is 0 Å². The van der Waals surface area contributed by atoms with Crippen LogP contribution in [0.1, 0.15) is 54.4 Å². The van der Waals surface area contributed by atoms with Crippen molar-refractivity contribution in [3.63, 3.8) is 0 Å². The van der Waals surface area contributed by atoms with Crippen molar-refractivity contribution in [2.45, 2.75) is 66.0 Å². The van der Waals surface area contributed by atoms with Crippen molar-refractivity contribution < 1.29 is 4.79 Å². The van der Waals surface area contributed by atoms with Crippen LogP contribution >= 0.6 is 0 Å². The Labute approximate surface area is 113 Å². The summed E-state index contributed by atoms with van der Waals surface area (Å²) in [6.07, 6.45) is 2.46. The average Bonchev–Trinajstić information content (AvgIpc) is 2.62. The Morgan fingerprint density at radius 1 is 1.22 bits per heavy atom. The van der Waals surface area contributed by atoms with Crippen molar-refractivity contribution in [2.75, 3.05) is 20.1 Å². The van der Waals surface area contributed by atoms with Gasteiger partial charge < -0.3 is 4.90 Å². The van der Waals surface area contributed by atoms with Gasteiger partial charge in [0.25, 0.3) is 0 Å². The smallest absolute Gasteiger partial charge is 0.227 e. The molecule has 0 unspecified atom stereocenters. The molecule has 0 aromatic heterocycles. The van der Waals surface area contributed by atoms with Gasteiger partial charge >= 0.3 is 0 Å². The van der Waals surface area contributed by atoms with E-state index in [9.17, 15) is 4.79 Å². The van der Waals surface area contributed by atoms with Gasteiger partial charge in [0.2, 0.25) is 5.91 Å². The fourth-order valence-electron chi connectivity index (χ4n) is 2.88. The predicted octanol–water partition coefficient (Wildman–Crippen LogP) is 2.75. The highest BCUT2D eigenvalue weighted by molar-refractivity contribution is 5.81. The van der Waals surface area contributed by atoms with Gasteiger partial charge in [-0.3, -0.25) is 9.69 Å². The molecule has 0 N–H and O–H groups in total. The molecule has 0 aliphatic carbocycles. The van der Waals surface area contributed by atoms with Crippen LogP contribution in [0.25, 0.3) is 0 Å². The SMILES string of the molecule is CN(C[C@@H]1CCCN1C(C)(C)C)C(=O)C(C)(C)C. The topological polar surface area (TPSA) is 23.6 Å². The molecule has 1 heterocycles. The number of likely N-dealkylation sites (N-methyl/N-ethyl adjacent to an activating group) is 1. The maximum atomic E-state index is 12.2. The van der Waals surface area contributed by atoms with Crippen molar-refractivity contribution in [1.82, 2.24) is 9.80 Å². The molecule has 0 saturated carbocycles. The van der Waals surface area contributed by atoms with Crippen LogP contribution in [-0.4, -0.2) is 47.4 Å². The van der Waals surface area contributed by atoms with Gasteiger partial charge in [0.1, 0.15) is 0 Å². The molecule has 0 spiro atoms. The standard InChI is InChI=1S/C15H30N2O/c1-14(2,3)13(18)16(7)11-12-9-8-10-17(12)15(4,5)6/h12H,8-11H2,1-7H3/t12-/m0/s1. The Hall–Kier alpha value is -0.570. The normalized spacial score (nSPS) is 22.3. The van der Waals surface area contributed by atoms with Gasteiger partial charge in [-0.15, -0.1) is 0 Å². The molecule has 0 bridgehead atoms. The molecule has 1 aliphatic heterocycles. The molecule has 18 heavy (non-hydrogen) atoms. The van der Waals surface area contributed by atoms with E-state index in [2.05, 4.69) is 25.7 Å². The zero-order valence-corrected chi connectivity index (χ0v) is 13.2. The van der Waals surface area contributed by atoms with Crippen molar-refractivity contribution in [3.05, 3.63) is 0 Å². The van der Waals surface area contributed by atoms with E-state index in [0.29, 0.717) is 6.04 Å². The number of amides is 1. The number of hydrogen-bond donors (Lipinski definition) is 0. The van der Waals surface area contributed by atoms with E-state index in [1.54, 1.807) is 0 Å². The Morgan fingerprint density at radius 2 is 1.78 bits per heavy atom. The number of carbonyl (C=O) groups excluding carboxylic acids is 1. The molecule has 1 fully saturated rings. The monoisotopic (exact) mass is 254 g/mol. The number of likely N-dealkylation sites (tertiary alicyclic amines) is 1. The van der Waals surface area contributed by atoms with E-state index >= 15 is 0 Å². The first-order valence-corrected chi connectivity index (χ1v) is 7.06. The maximum Gasteiger partial charge on any atom is 0.227 e. The lowest BCUT2D eigenvalue weighted by atomic mass is 9.94. The number of hydrogen-bond acceptors (Lipinski definition) is 2. The van der Waals surface area contributed by atoms with Crippen LogP contribution in [0, 0.1) is 5.41 Å². The van der Waals surface area contributed by atoms with Crippen LogP contribution < -0.4 is 0 Å². The third-order valence-electron chi connectivity index (χ3n) is 3.71. The number of nitrogens with zero attached hydrogens (tertiary/aromatic N) is 2. The summed E-state index contributed by atoms with van der Waals surface area (Å²) in [6.45, 7) is 14.8. The van der Waals surface area contributed by atoms with E-state index in [1.807, 2.05) is 32.7 Å². The highest BCUT2D eigenvalue weighted by Crippen LogP contribution is 2.27. The third kappa shape index (κ3) is 3.71. The van der Waals surface area contributed by atoms with Crippen molar-refractivity contribution >= 4 is 5.91 Å². The van der Waals surface area contributed by atoms with Crippen LogP contribution in [0.2, 0.25) is 0 Å². The van der Waals surface area contributed by atoms with Crippen LogP contribution in [-0.2, 0) is 4.79 Å². The van der Waals surface area contributed by atoms with Gasteiger partial charge in [-0.05, 0) is 40.2 Å². The fraction of sp³-hybridized carbons (Fsp3) is 0.933. The molecule has 1 saturated heterocycles. The molecular formula is C15H30N2O. The Bertz CT molecular complexity index is 299. The van der Waals surface area contributed by atoms with Crippen LogP contribution in [0.15, 0.2) is 0 Å². The minimum absolute atomic E-state index is 0.201. The van der Waals surface area contributed by atoms with E-state index in [0.717, 1.165) is 13.1 Å². The van der Waals surface area contributed by atoms with Gasteiger partial charge in [-0.2, -0.15) is 0 Å². The number of carbonyl (C=O) groups is 1. The summed E-state index contributed by atoms with van der Waals surface area (Å²) >= 11 is 0. The van der Waals surface area contributed by atoms with E-state index in [-0.39, 0.29) is 16.9 Å². The summed E-state index contributed by atoms with van der Waals surface area (Å²) in [4.78, 5) is 16.7. The summed E-state index contributed by atoms with van der Waals surface area (Å²) in [6, 6.07) is 0.515. The molecule has 1 atom stereocenters. The fourth-order valence-corrected chi connectivity index (χ4v) is 2.88. The lowest BCUT2D eigenvalue weighted by molar-refractivity contribution is -0.138. The molecule has 3 heteroatoms. The van der Waals surface area contributed by atoms with Crippen molar-refractivity contribution in [2.24, 2.45) is 5.41 Å². The van der Waals surface area contributed by atoms with Gasteiger partial charge in [-0.25, -0.2) is 0 Å². The zero-order chi connectivity index (χ0) is 14.1. The molecule has 0 aromatic rings. The maximum absolute atomic E-state index is 12.2. The first-order chi connectivity index (χ1) is 8.03. The molecule has 0 aromatic carbocycles. The minimum atomic E-state index is -0.278. The molecule has 3 nitrogen and oxygen atoms in total. The second-order valence-electron chi connectivity index (χ2n) is 7.60. The van der Waals surface area contributed by atoms with Gasteiger partial charge in [0, 0.05) is 30.6 Å². The summed E-state index contributed by atoms with van der Waals surface area (Å²) in [5, 5.41) is 0. The highest BCUT2D eigenvalue weighted by Gasteiger charge is 2.35. The van der Waals surface area contributed by atoms with Crippen LogP contribution in [0.4, 0.5) is 0 Å². The highest BCUT2D eigenvalue weighted by atomic mass is 16.2. The Kier molecular flexibility index (Phi) is 4.47. The summed E-state index contributed by atoms with van der Waals surface area (Å²) in [5.74, 6) is 0.239. The molecule has 1 aliphatic rings. The lowest BCUT2D eigenvalue weighted by Crippen LogP contribution is -2.50. The predicted molar refractivity (Wildman–Crippen MR) is 76.6 cm³/mol. The molecule has 106 valence electrons. The molecular weight excluding hydrogens is 224 g/mol. The second kappa shape index (κ2) is 5.20. The zero-order valence-electron chi connectivity index (χ0n) is 13.2. The van der Waals surface area contributed by atoms with E-state index in [4.69, 9.17) is 0 Å². The van der Waals surface area contributed by atoms with Crippen molar-refractivity contribution in [3.8, 4) is 0 Å². The Balaban J connectivity index is 2.65. The van der Waals surface area contributed by atoms with Crippen LogP contribution in [0.3, 0.4) is 0 Å². The molecule has 0 radical (unpaired) electrons. The number of rotatable bonds is 2. The van der Waals surface area contributed by atoms with E-state index < -0.39 is 0 Å². The minimum Gasteiger partial charge on any atom is -0.344 e. The Morgan fingerprint density at radius 3 is 2.22 bits per heavy atom. The van der Waals surface area contributed by atoms with Gasteiger partial charge in [0.05, 0.1) is 0 Å². The quantitative estimate of drug-likeness (QED) is 0.756. The molecule has 1 amide bonds. The first-order valence-electron chi connectivity index (χ1n) is 7.06. The lowest BCUT2D eigenvalue weighted by Gasteiger charge is -2.39. The largest absolute Gasteiger partial charge is 0.344 e. The summed E-state index contributed by atoms with van der Waals surface area (Å²) in [5.41, 5.74) is -0.0767. The van der Waals surface area contributed by atoms with Gasteiger partial charge in [-0.1, -0.05) is 20.8 Å². The average molecular weight is 254 g/mol. The molecule has 1 rings (SSSR count). The second-order valence-corrected chi connectivity index (χ2v) is 7.60. The van der Waals surface area contributed by atoms with Crippen molar-refractivity contribution in [1.29, 1.82) is 0 Å². The van der Waals surface area contributed by atoms with E-state index in [1.165, 1.54) is 12.8 Å². The summed E-state index contributed by atoms with van der Waals surface area (Å²) < 4.78 is 0. The first kappa shape index (κ1) is 15.5. The summed E-state index contributed by atoms with van der Waals surface area (Å²) in [7, 11) is 1.94.